The lowest BCUT2D eigenvalue weighted by atomic mass is 10.2. The smallest absolute Gasteiger partial charge is 0.292 e. The lowest BCUT2D eigenvalue weighted by Gasteiger charge is -2.14. The van der Waals surface area contributed by atoms with E-state index in [-0.39, 0.29) is 15.7 Å². The monoisotopic (exact) mass is 352 g/mol. The fraction of sp³-hybridized carbons (Fsp3) is 0.231. The minimum Gasteiger partial charge on any atom is -0.292 e. The fourth-order valence-electron chi connectivity index (χ4n) is 1.90. The number of rotatable bonds is 1. The highest BCUT2D eigenvalue weighted by atomic mass is 35.5. The zero-order valence-corrected chi connectivity index (χ0v) is 12.8. The van der Waals surface area contributed by atoms with E-state index < -0.39 is 23.1 Å². The molecule has 0 saturated heterocycles. The molecule has 0 aliphatic carbocycles. The number of nitrogens with zero attached hydrogens (tertiary/aromatic N) is 2. The van der Waals surface area contributed by atoms with Crippen LogP contribution in [-0.2, 0) is 13.2 Å². The predicted octanol–water partition coefficient (Wildman–Crippen LogP) is 3.17. The molecule has 22 heavy (non-hydrogen) atoms. The largest absolute Gasteiger partial charge is 0.431 e. The van der Waals surface area contributed by atoms with Gasteiger partial charge in [-0.1, -0.05) is 23.2 Å². The minimum absolute atomic E-state index is 0.0000699. The van der Waals surface area contributed by atoms with Crippen molar-refractivity contribution in [3.63, 3.8) is 0 Å². The molecule has 2 aromatic rings. The van der Waals surface area contributed by atoms with Gasteiger partial charge < -0.3 is 0 Å². The van der Waals surface area contributed by atoms with Crippen molar-refractivity contribution >= 4 is 23.2 Å². The zero-order chi connectivity index (χ0) is 16.8. The predicted molar refractivity (Wildman–Crippen MR) is 77.0 cm³/mol. The third kappa shape index (κ3) is 2.78. The van der Waals surface area contributed by atoms with Crippen molar-refractivity contribution in [3.05, 3.63) is 60.3 Å². The molecular weight excluding hydrogens is 344 g/mol. The van der Waals surface area contributed by atoms with Crippen LogP contribution >= 0.6 is 23.2 Å². The molecular formula is C13H9Cl2F3N2O2. The normalized spacial score (nSPS) is 11.8. The molecule has 0 aliphatic heterocycles. The van der Waals surface area contributed by atoms with E-state index in [0.29, 0.717) is 20.8 Å². The molecule has 1 aromatic carbocycles. The lowest BCUT2D eigenvalue weighted by molar-refractivity contribution is -0.144. The molecule has 4 nitrogen and oxygen atoms in total. The van der Waals surface area contributed by atoms with E-state index in [0.717, 1.165) is 7.05 Å². The molecule has 118 valence electrons. The van der Waals surface area contributed by atoms with E-state index in [1.165, 1.54) is 12.1 Å². The summed E-state index contributed by atoms with van der Waals surface area (Å²) in [5.41, 5.74) is -3.06. The van der Waals surface area contributed by atoms with Crippen LogP contribution in [0, 0.1) is 6.92 Å². The summed E-state index contributed by atoms with van der Waals surface area (Å²) in [5.74, 6) is 0. The Balaban J connectivity index is 2.82. The van der Waals surface area contributed by atoms with Crippen LogP contribution in [0.5, 0.6) is 0 Å². The van der Waals surface area contributed by atoms with Crippen molar-refractivity contribution < 1.29 is 13.2 Å². The second kappa shape index (κ2) is 5.48. The van der Waals surface area contributed by atoms with Crippen molar-refractivity contribution in [2.45, 2.75) is 13.1 Å². The van der Waals surface area contributed by atoms with Crippen LogP contribution in [0.15, 0.2) is 27.8 Å². The van der Waals surface area contributed by atoms with Gasteiger partial charge in [-0.15, -0.1) is 0 Å². The molecule has 0 N–H and O–H groups in total. The molecule has 0 radical (unpaired) electrons. The Labute approximate surface area is 132 Å². The summed E-state index contributed by atoms with van der Waals surface area (Å²) in [7, 11) is 0.929. The summed E-state index contributed by atoms with van der Waals surface area (Å²) in [6.07, 6.45) is -4.81. The molecule has 0 saturated carbocycles. The molecule has 0 aliphatic rings. The quantitative estimate of drug-likeness (QED) is 0.791. The van der Waals surface area contributed by atoms with Gasteiger partial charge in [-0.25, -0.2) is 9.36 Å². The standard InChI is InChI=1S/C13H9Cl2F3N2O2/c1-6-8(14)3-7(4-9(6)15)20-11(21)5-10(13(16,17)18)19(2)12(20)22/h3-5H,1-2H3. The van der Waals surface area contributed by atoms with Crippen LogP contribution < -0.4 is 11.2 Å². The molecule has 2 rings (SSSR count). The number of halogens is 5. The second-order valence-electron chi connectivity index (χ2n) is 4.58. The van der Waals surface area contributed by atoms with E-state index >= 15 is 0 Å². The number of hydrogen-bond donors (Lipinski definition) is 0. The first-order valence-electron chi connectivity index (χ1n) is 5.90. The molecule has 0 amide bonds. The van der Waals surface area contributed by atoms with Crippen LogP contribution in [0.4, 0.5) is 13.2 Å². The Kier molecular flexibility index (Phi) is 4.14. The van der Waals surface area contributed by atoms with Gasteiger partial charge in [-0.2, -0.15) is 13.2 Å². The highest BCUT2D eigenvalue weighted by Gasteiger charge is 2.35. The van der Waals surface area contributed by atoms with Gasteiger partial charge >= 0.3 is 11.9 Å². The average molecular weight is 353 g/mol. The Hall–Kier alpha value is -1.73. The maximum absolute atomic E-state index is 12.8. The first kappa shape index (κ1) is 16.6. The molecule has 9 heteroatoms. The molecule has 0 fully saturated rings. The van der Waals surface area contributed by atoms with Crippen molar-refractivity contribution in [3.8, 4) is 5.69 Å². The molecule has 0 unspecified atom stereocenters. The summed E-state index contributed by atoms with van der Waals surface area (Å²) >= 11 is 11.9. The van der Waals surface area contributed by atoms with Gasteiger partial charge in [0.25, 0.3) is 5.56 Å². The summed E-state index contributed by atoms with van der Waals surface area (Å²) in [6, 6.07) is 2.93. The SMILES string of the molecule is Cc1c(Cl)cc(-n2c(=O)cc(C(F)(F)F)n(C)c2=O)cc1Cl. The first-order chi connectivity index (χ1) is 10.0. The number of alkyl halides is 3. The van der Waals surface area contributed by atoms with E-state index in [9.17, 15) is 22.8 Å². The van der Waals surface area contributed by atoms with Crippen LogP contribution in [-0.4, -0.2) is 9.13 Å². The van der Waals surface area contributed by atoms with E-state index in [1.54, 1.807) is 6.92 Å². The highest BCUT2D eigenvalue weighted by molar-refractivity contribution is 6.36. The van der Waals surface area contributed by atoms with Gasteiger partial charge in [0.2, 0.25) is 0 Å². The van der Waals surface area contributed by atoms with Gasteiger partial charge in [0.15, 0.2) is 0 Å². The van der Waals surface area contributed by atoms with Crippen LogP contribution in [0.3, 0.4) is 0 Å². The Bertz CT molecular complexity index is 846. The van der Waals surface area contributed by atoms with E-state index in [4.69, 9.17) is 23.2 Å². The van der Waals surface area contributed by atoms with Crippen molar-refractivity contribution in [1.82, 2.24) is 9.13 Å². The average Bonchev–Trinajstić information content (AvgIpc) is 2.39. The maximum atomic E-state index is 12.8. The van der Waals surface area contributed by atoms with Gasteiger partial charge in [0, 0.05) is 23.2 Å². The third-order valence-electron chi connectivity index (χ3n) is 3.13. The second-order valence-corrected chi connectivity index (χ2v) is 5.39. The zero-order valence-electron chi connectivity index (χ0n) is 11.3. The van der Waals surface area contributed by atoms with Crippen molar-refractivity contribution in [2.75, 3.05) is 0 Å². The van der Waals surface area contributed by atoms with Crippen molar-refractivity contribution in [1.29, 1.82) is 0 Å². The first-order valence-corrected chi connectivity index (χ1v) is 6.66. The highest BCUT2D eigenvalue weighted by Crippen LogP contribution is 2.28. The summed E-state index contributed by atoms with van der Waals surface area (Å²) in [5, 5.41) is 0.382. The van der Waals surface area contributed by atoms with Crippen LogP contribution in [0.2, 0.25) is 10.0 Å². The Morgan fingerprint density at radius 1 is 1.05 bits per heavy atom. The van der Waals surface area contributed by atoms with E-state index in [2.05, 4.69) is 0 Å². The van der Waals surface area contributed by atoms with Crippen LogP contribution in [0.1, 0.15) is 11.3 Å². The number of aromatic nitrogens is 2. The topological polar surface area (TPSA) is 44.0 Å². The number of benzene rings is 1. The third-order valence-corrected chi connectivity index (χ3v) is 3.92. The maximum Gasteiger partial charge on any atom is 0.431 e. The van der Waals surface area contributed by atoms with E-state index in [1.807, 2.05) is 0 Å². The van der Waals surface area contributed by atoms with Gasteiger partial charge in [0.05, 0.1) is 5.69 Å². The summed E-state index contributed by atoms with van der Waals surface area (Å²) in [6.45, 7) is 1.63. The summed E-state index contributed by atoms with van der Waals surface area (Å²) < 4.78 is 39.2. The van der Waals surface area contributed by atoms with Gasteiger partial charge in [-0.3, -0.25) is 9.36 Å². The molecule has 0 atom stereocenters. The fourth-order valence-corrected chi connectivity index (χ4v) is 2.37. The molecule has 0 bridgehead atoms. The van der Waals surface area contributed by atoms with Gasteiger partial charge in [0.1, 0.15) is 5.69 Å². The molecule has 1 heterocycles. The number of hydrogen-bond acceptors (Lipinski definition) is 2. The lowest BCUT2D eigenvalue weighted by Crippen LogP contribution is -2.40. The Morgan fingerprint density at radius 2 is 1.55 bits per heavy atom. The van der Waals surface area contributed by atoms with Gasteiger partial charge in [-0.05, 0) is 24.6 Å². The summed E-state index contributed by atoms with van der Waals surface area (Å²) in [4.78, 5) is 24.0. The molecule has 1 aromatic heterocycles. The Morgan fingerprint density at radius 3 is 2.00 bits per heavy atom. The van der Waals surface area contributed by atoms with Crippen molar-refractivity contribution in [2.24, 2.45) is 7.05 Å². The molecule has 0 spiro atoms. The van der Waals surface area contributed by atoms with Crippen LogP contribution in [0.25, 0.3) is 5.69 Å². The minimum atomic E-state index is -4.81.